The summed E-state index contributed by atoms with van der Waals surface area (Å²) in [4.78, 5) is 13.5. The van der Waals surface area contributed by atoms with Crippen LogP contribution < -0.4 is 4.74 Å². The standard InChI is InChI=1S/C30H36F2N6O/c1-18(2)38-9-7-30(4,8-10-38)17-37-15-26-27(16-37)34-29(33-26)28-24-14-23(5-6-25(24)35-36-28)39-19(3)20-11-21(31)13-22(32)12-20/h5-6,11-14,18-19H,7-10,15-17H2,1-4H3,(H,33,34)(H,35,36). The molecule has 0 saturated carbocycles. The van der Waals surface area contributed by atoms with Crippen molar-refractivity contribution in [2.24, 2.45) is 5.41 Å². The number of aromatic amines is 2. The summed E-state index contributed by atoms with van der Waals surface area (Å²) < 4.78 is 33.4. The Hall–Kier alpha value is -3.30. The van der Waals surface area contributed by atoms with E-state index in [9.17, 15) is 8.78 Å². The highest BCUT2D eigenvalue weighted by Gasteiger charge is 2.35. The van der Waals surface area contributed by atoms with E-state index in [0.717, 1.165) is 59.5 Å². The number of nitrogens with zero attached hydrogens (tertiary/aromatic N) is 4. The summed E-state index contributed by atoms with van der Waals surface area (Å²) in [6.45, 7) is 13.9. The van der Waals surface area contributed by atoms with Crippen molar-refractivity contribution in [3.05, 3.63) is 65.0 Å². The van der Waals surface area contributed by atoms with Crippen molar-refractivity contribution in [1.82, 2.24) is 30.0 Å². The monoisotopic (exact) mass is 534 g/mol. The van der Waals surface area contributed by atoms with Gasteiger partial charge in [-0.25, -0.2) is 13.8 Å². The molecule has 4 aromatic rings. The quantitative estimate of drug-likeness (QED) is 0.296. The molecule has 0 bridgehead atoms. The minimum absolute atomic E-state index is 0.334. The van der Waals surface area contributed by atoms with E-state index >= 15 is 0 Å². The Morgan fingerprint density at radius 2 is 1.77 bits per heavy atom. The van der Waals surface area contributed by atoms with Crippen LogP contribution in [-0.4, -0.2) is 55.6 Å². The number of imidazole rings is 1. The van der Waals surface area contributed by atoms with Crippen molar-refractivity contribution in [2.45, 2.75) is 65.8 Å². The van der Waals surface area contributed by atoms with Gasteiger partial charge in [0.1, 0.15) is 29.2 Å². The molecule has 1 atom stereocenters. The molecular formula is C30H36F2N6O. The highest BCUT2D eigenvalue weighted by Crippen LogP contribution is 2.36. The normalized spacial score (nSPS) is 18.6. The lowest BCUT2D eigenvalue weighted by Gasteiger charge is -2.42. The van der Waals surface area contributed by atoms with E-state index in [1.165, 1.54) is 38.1 Å². The van der Waals surface area contributed by atoms with Gasteiger partial charge in [0.25, 0.3) is 0 Å². The highest BCUT2D eigenvalue weighted by molar-refractivity contribution is 5.92. The van der Waals surface area contributed by atoms with Crippen LogP contribution in [0.5, 0.6) is 5.75 Å². The molecule has 2 N–H and O–H groups in total. The van der Waals surface area contributed by atoms with E-state index in [0.29, 0.717) is 22.8 Å². The second kappa shape index (κ2) is 10.0. The third-order valence-electron chi connectivity index (χ3n) is 8.39. The minimum Gasteiger partial charge on any atom is -0.486 e. The molecule has 0 radical (unpaired) electrons. The molecule has 6 rings (SSSR count). The SMILES string of the molecule is CC(Oc1ccc2[nH]nc(-c3nc4c([nH]3)CN(CC3(C)CCN(C(C)C)CC3)C4)c2c1)c1cc(F)cc(F)c1. The van der Waals surface area contributed by atoms with Crippen LogP contribution >= 0.6 is 0 Å². The molecule has 1 fully saturated rings. The first-order chi connectivity index (χ1) is 18.7. The van der Waals surface area contributed by atoms with Gasteiger partial charge in [0.15, 0.2) is 5.82 Å². The van der Waals surface area contributed by atoms with Crippen LogP contribution in [-0.2, 0) is 13.1 Å². The van der Waals surface area contributed by atoms with E-state index in [4.69, 9.17) is 9.72 Å². The van der Waals surface area contributed by atoms with Crippen LogP contribution in [0.2, 0.25) is 0 Å². The predicted octanol–water partition coefficient (Wildman–Crippen LogP) is 6.20. The van der Waals surface area contributed by atoms with E-state index < -0.39 is 17.7 Å². The summed E-state index contributed by atoms with van der Waals surface area (Å²) in [6, 6.07) is 9.66. The molecule has 2 aliphatic rings. The Morgan fingerprint density at radius 3 is 2.46 bits per heavy atom. The van der Waals surface area contributed by atoms with E-state index in [1.54, 1.807) is 6.92 Å². The van der Waals surface area contributed by atoms with Gasteiger partial charge < -0.3 is 14.6 Å². The van der Waals surface area contributed by atoms with E-state index in [-0.39, 0.29) is 0 Å². The molecule has 0 spiro atoms. The number of halogens is 2. The number of H-pyrrole nitrogens is 2. The van der Waals surface area contributed by atoms with Gasteiger partial charge in [0.2, 0.25) is 0 Å². The Bertz CT molecular complexity index is 1440. The molecule has 2 aromatic heterocycles. The maximum Gasteiger partial charge on any atom is 0.159 e. The van der Waals surface area contributed by atoms with Crippen LogP contribution in [0.3, 0.4) is 0 Å². The first kappa shape index (κ1) is 26.0. The summed E-state index contributed by atoms with van der Waals surface area (Å²) in [6.07, 6.45) is 1.93. The van der Waals surface area contributed by atoms with Gasteiger partial charge in [-0.05, 0) is 88.0 Å². The van der Waals surface area contributed by atoms with Gasteiger partial charge in [0.05, 0.1) is 16.9 Å². The highest BCUT2D eigenvalue weighted by atomic mass is 19.1. The topological polar surface area (TPSA) is 73.1 Å². The number of ether oxygens (including phenoxy) is 1. The maximum absolute atomic E-state index is 13.7. The molecule has 2 aromatic carbocycles. The molecule has 4 heterocycles. The number of piperidine rings is 1. The van der Waals surface area contributed by atoms with Gasteiger partial charge in [-0.2, -0.15) is 5.10 Å². The second-order valence-electron chi connectivity index (χ2n) is 11.8. The third-order valence-corrected chi connectivity index (χ3v) is 8.39. The van der Waals surface area contributed by atoms with Gasteiger partial charge in [-0.3, -0.25) is 10.00 Å². The van der Waals surface area contributed by atoms with Crippen LogP contribution in [0.15, 0.2) is 36.4 Å². The number of hydrogen-bond donors (Lipinski definition) is 2. The molecule has 206 valence electrons. The summed E-state index contributed by atoms with van der Waals surface area (Å²) in [5.41, 5.74) is 4.60. The van der Waals surface area contributed by atoms with Crippen molar-refractivity contribution < 1.29 is 13.5 Å². The zero-order valence-corrected chi connectivity index (χ0v) is 23.0. The molecular weight excluding hydrogens is 498 g/mol. The Kier molecular flexibility index (Phi) is 6.67. The molecule has 0 aliphatic carbocycles. The van der Waals surface area contributed by atoms with Crippen molar-refractivity contribution >= 4 is 10.9 Å². The lowest BCUT2D eigenvalue weighted by molar-refractivity contribution is 0.0595. The molecule has 2 aliphatic heterocycles. The minimum atomic E-state index is -0.622. The third kappa shape index (κ3) is 5.30. The van der Waals surface area contributed by atoms with E-state index in [2.05, 4.69) is 45.8 Å². The average molecular weight is 535 g/mol. The number of nitrogens with one attached hydrogen (secondary N) is 2. The summed E-state index contributed by atoms with van der Waals surface area (Å²) >= 11 is 0. The molecule has 1 saturated heterocycles. The molecule has 0 amide bonds. The number of rotatable bonds is 7. The van der Waals surface area contributed by atoms with Crippen LogP contribution in [0.25, 0.3) is 22.4 Å². The largest absolute Gasteiger partial charge is 0.486 e. The number of fused-ring (bicyclic) bond motifs is 2. The zero-order chi connectivity index (χ0) is 27.3. The number of likely N-dealkylation sites (tertiary alicyclic amines) is 1. The van der Waals surface area contributed by atoms with Crippen molar-refractivity contribution in [3.8, 4) is 17.3 Å². The van der Waals surface area contributed by atoms with Crippen molar-refractivity contribution in [3.63, 3.8) is 0 Å². The fraction of sp³-hybridized carbons (Fsp3) is 0.467. The van der Waals surface area contributed by atoms with Gasteiger partial charge in [-0.15, -0.1) is 0 Å². The lowest BCUT2D eigenvalue weighted by atomic mass is 9.79. The fourth-order valence-electron chi connectivity index (χ4n) is 6.03. The van der Waals surface area contributed by atoms with Crippen LogP contribution in [0.1, 0.15) is 63.6 Å². The summed E-state index contributed by atoms with van der Waals surface area (Å²) in [7, 11) is 0. The number of aromatic nitrogens is 4. The van der Waals surface area contributed by atoms with Gasteiger partial charge in [0, 0.05) is 37.1 Å². The first-order valence-corrected chi connectivity index (χ1v) is 13.8. The summed E-state index contributed by atoms with van der Waals surface area (Å²) in [5.74, 6) is 0.0789. The Balaban J connectivity index is 1.15. The molecule has 39 heavy (non-hydrogen) atoms. The Labute approximate surface area is 227 Å². The maximum atomic E-state index is 13.7. The smallest absolute Gasteiger partial charge is 0.159 e. The number of benzene rings is 2. The number of hydrogen-bond acceptors (Lipinski definition) is 5. The van der Waals surface area contributed by atoms with Crippen LogP contribution in [0.4, 0.5) is 8.78 Å². The van der Waals surface area contributed by atoms with Gasteiger partial charge in [-0.1, -0.05) is 6.92 Å². The zero-order valence-electron chi connectivity index (χ0n) is 23.0. The fourth-order valence-corrected chi connectivity index (χ4v) is 6.03. The lowest BCUT2D eigenvalue weighted by Crippen LogP contribution is -2.46. The van der Waals surface area contributed by atoms with Crippen molar-refractivity contribution in [2.75, 3.05) is 19.6 Å². The van der Waals surface area contributed by atoms with Gasteiger partial charge >= 0.3 is 0 Å². The Morgan fingerprint density at radius 1 is 1.03 bits per heavy atom. The average Bonchev–Trinajstić information content (AvgIpc) is 3.56. The first-order valence-electron chi connectivity index (χ1n) is 13.8. The van der Waals surface area contributed by atoms with Crippen LogP contribution in [0, 0.1) is 17.0 Å². The van der Waals surface area contributed by atoms with Crippen molar-refractivity contribution in [1.29, 1.82) is 0 Å². The summed E-state index contributed by atoms with van der Waals surface area (Å²) in [5, 5.41) is 8.49. The molecule has 1 unspecified atom stereocenters. The van der Waals surface area contributed by atoms with E-state index in [1.807, 2.05) is 18.2 Å². The molecule has 9 heteroatoms. The predicted molar refractivity (Wildman–Crippen MR) is 147 cm³/mol. The second-order valence-corrected chi connectivity index (χ2v) is 11.8. The molecule has 7 nitrogen and oxygen atoms in total.